The van der Waals surface area contributed by atoms with Gasteiger partial charge in [0, 0.05) is 38.8 Å². The average Bonchev–Trinajstić information content (AvgIpc) is 3.59. The molecule has 0 saturated carbocycles. The molecule has 0 radical (unpaired) electrons. The predicted octanol–water partition coefficient (Wildman–Crippen LogP) is 10.5. The second-order valence-electron chi connectivity index (χ2n) is 15.3. The van der Waals surface area contributed by atoms with E-state index in [1.54, 1.807) is 0 Å². The van der Waals surface area contributed by atoms with Crippen LogP contribution in [0.1, 0.15) is 31.5 Å². The van der Waals surface area contributed by atoms with Gasteiger partial charge in [-0.2, -0.15) is 0 Å². The van der Waals surface area contributed by atoms with E-state index in [9.17, 15) is 0 Å². The standard InChI is InChI=1S/C51H41N3/c1-32-28-35-17-5-6-18-36(35)30-44(32)46-31-45(34-15-3-2-4-16-34)52-51(53-46)37-19-13-20-38(29-37)54-47-25-12-11-24-43(47)49-48-39-21-8-7-14-33(39)26-27-41(48)40-22-9-10-23-42(40)50(49)54/h2-3,5-15,17-32,44-45,51-53H,4,16H2,1H3. The highest BCUT2D eigenvalue weighted by molar-refractivity contribution is 6.36. The minimum atomic E-state index is -0.0610. The first-order chi connectivity index (χ1) is 26.7. The molecule has 1 aromatic heterocycles. The van der Waals surface area contributed by atoms with Gasteiger partial charge in [0.2, 0.25) is 0 Å². The summed E-state index contributed by atoms with van der Waals surface area (Å²) in [4.78, 5) is 0. The minimum absolute atomic E-state index is 0.0610. The number of rotatable bonds is 4. The van der Waals surface area contributed by atoms with Crippen LogP contribution in [-0.4, -0.2) is 10.6 Å². The number of hydrogen-bond donors (Lipinski definition) is 2. The average molecular weight is 696 g/mol. The van der Waals surface area contributed by atoms with Crippen LogP contribution >= 0.6 is 0 Å². The minimum Gasteiger partial charge on any atom is -0.369 e. The van der Waals surface area contributed by atoms with Gasteiger partial charge in [-0.1, -0.05) is 153 Å². The van der Waals surface area contributed by atoms with Crippen molar-refractivity contribution in [2.75, 3.05) is 0 Å². The number of allylic oxidation sites excluding steroid dienone is 4. The summed E-state index contributed by atoms with van der Waals surface area (Å²) >= 11 is 0. The van der Waals surface area contributed by atoms with Gasteiger partial charge < -0.3 is 9.88 Å². The summed E-state index contributed by atoms with van der Waals surface area (Å²) in [6.07, 6.45) is 16.3. The highest BCUT2D eigenvalue weighted by Crippen LogP contribution is 2.45. The van der Waals surface area contributed by atoms with E-state index >= 15 is 0 Å². The largest absolute Gasteiger partial charge is 0.369 e. The first-order valence-corrected chi connectivity index (χ1v) is 19.4. The van der Waals surface area contributed by atoms with Gasteiger partial charge in [0.25, 0.3) is 0 Å². The monoisotopic (exact) mass is 695 g/mol. The first kappa shape index (κ1) is 31.4. The maximum Gasteiger partial charge on any atom is 0.104 e. The molecule has 0 spiro atoms. The summed E-state index contributed by atoms with van der Waals surface area (Å²) < 4.78 is 2.52. The third kappa shape index (κ3) is 4.92. The number of para-hydroxylation sites is 1. The van der Waals surface area contributed by atoms with Gasteiger partial charge >= 0.3 is 0 Å². The Labute approximate surface area is 314 Å². The van der Waals surface area contributed by atoms with Crippen molar-refractivity contribution in [1.29, 1.82) is 0 Å². The van der Waals surface area contributed by atoms with Crippen LogP contribution in [0.4, 0.5) is 0 Å². The van der Waals surface area contributed by atoms with Crippen molar-refractivity contribution in [2.24, 2.45) is 11.8 Å². The van der Waals surface area contributed by atoms with Gasteiger partial charge in [0.05, 0.1) is 17.1 Å². The Balaban J connectivity index is 1.11. The van der Waals surface area contributed by atoms with Crippen LogP contribution in [-0.2, 0) is 0 Å². The molecule has 3 aliphatic rings. The maximum atomic E-state index is 4.04. The van der Waals surface area contributed by atoms with E-state index in [2.05, 4.69) is 192 Å². The number of nitrogens with zero attached hydrogens (tertiary/aromatic N) is 1. The van der Waals surface area contributed by atoms with Gasteiger partial charge in [0.15, 0.2) is 0 Å². The molecule has 2 heterocycles. The van der Waals surface area contributed by atoms with E-state index in [1.807, 2.05) is 0 Å². The van der Waals surface area contributed by atoms with Crippen molar-refractivity contribution in [2.45, 2.75) is 32.0 Å². The topological polar surface area (TPSA) is 29.0 Å². The van der Waals surface area contributed by atoms with Crippen molar-refractivity contribution in [3.63, 3.8) is 0 Å². The summed E-state index contributed by atoms with van der Waals surface area (Å²) in [6, 6.07) is 49.5. The molecule has 54 heavy (non-hydrogen) atoms. The molecule has 0 saturated heterocycles. The lowest BCUT2D eigenvalue weighted by molar-refractivity contribution is 0.399. The summed E-state index contributed by atoms with van der Waals surface area (Å²) in [5.41, 5.74) is 7.61. The second-order valence-corrected chi connectivity index (χ2v) is 15.3. The van der Waals surface area contributed by atoms with E-state index in [4.69, 9.17) is 0 Å². The van der Waals surface area contributed by atoms with E-state index in [1.165, 1.54) is 87.1 Å². The third-order valence-corrected chi connectivity index (χ3v) is 12.2. The Kier molecular flexibility index (Phi) is 7.25. The molecule has 7 aromatic carbocycles. The van der Waals surface area contributed by atoms with Crippen LogP contribution in [0, 0.1) is 11.8 Å². The Morgan fingerprint density at radius 3 is 2.24 bits per heavy atom. The van der Waals surface area contributed by atoms with Crippen molar-refractivity contribution < 1.29 is 0 Å². The molecule has 2 aliphatic carbocycles. The second kappa shape index (κ2) is 12.5. The van der Waals surface area contributed by atoms with Crippen LogP contribution in [0.25, 0.3) is 72.0 Å². The van der Waals surface area contributed by atoms with Crippen LogP contribution < -0.4 is 21.1 Å². The molecule has 0 amide bonds. The molecule has 3 nitrogen and oxygen atoms in total. The zero-order chi connectivity index (χ0) is 35.8. The fraction of sp³-hybridized carbons (Fsp3) is 0.137. The van der Waals surface area contributed by atoms with Gasteiger partial charge in [-0.25, -0.2) is 0 Å². The molecule has 2 N–H and O–H groups in total. The van der Waals surface area contributed by atoms with Gasteiger partial charge in [-0.3, -0.25) is 5.32 Å². The molecule has 11 rings (SSSR count). The van der Waals surface area contributed by atoms with Gasteiger partial charge in [0.1, 0.15) is 6.17 Å². The van der Waals surface area contributed by atoms with Crippen LogP contribution in [0.2, 0.25) is 0 Å². The number of nitrogens with one attached hydrogen (secondary N) is 2. The highest BCUT2D eigenvalue weighted by atomic mass is 15.2. The summed E-state index contributed by atoms with van der Waals surface area (Å²) in [6.45, 7) is 2.36. The quantitative estimate of drug-likeness (QED) is 0.180. The molecule has 0 bridgehead atoms. The molecule has 1 aliphatic heterocycles. The summed E-state index contributed by atoms with van der Waals surface area (Å²) in [7, 11) is 0. The Bertz CT molecular complexity index is 3050. The van der Waals surface area contributed by atoms with E-state index in [-0.39, 0.29) is 18.1 Å². The third-order valence-electron chi connectivity index (χ3n) is 12.2. The lowest BCUT2D eigenvalue weighted by Crippen LogP contribution is -2.47. The Morgan fingerprint density at radius 1 is 0.630 bits per heavy atom. The zero-order valence-corrected chi connectivity index (χ0v) is 30.3. The fourth-order valence-corrected chi connectivity index (χ4v) is 9.61. The number of aromatic nitrogens is 1. The molecule has 3 heteroatoms. The van der Waals surface area contributed by atoms with E-state index in [0.717, 1.165) is 12.8 Å². The first-order valence-electron chi connectivity index (χ1n) is 19.4. The smallest absolute Gasteiger partial charge is 0.104 e. The zero-order valence-electron chi connectivity index (χ0n) is 30.3. The van der Waals surface area contributed by atoms with Crippen molar-refractivity contribution in [3.05, 3.63) is 185 Å². The fourth-order valence-electron chi connectivity index (χ4n) is 9.61. The molecule has 0 fully saturated rings. The molecule has 4 unspecified atom stereocenters. The van der Waals surface area contributed by atoms with Gasteiger partial charge in [-0.15, -0.1) is 0 Å². The lowest BCUT2D eigenvalue weighted by Gasteiger charge is -2.38. The molecule has 8 aromatic rings. The molecule has 260 valence electrons. The highest BCUT2D eigenvalue weighted by Gasteiger charge is 2.30. The van der Waals surface area contributed by atoms with Crippen LogP contribution in [0.15, 0.2) is 169 Å². The van der Waals surface area contributed by atoms with E-state index in [0.29, 0.717) is 5.92 Å². The number of fused-ring (bicyclic) bond motifs is 11. The lowest BCUT2D eigenvalue weighted by atomic mass is 9.83. The predicted molar refractivity (Wildman–Crippen MR) is 228 cm³/mol. The van der Waals surface area contributed by atoms with Crippen molar-refractivity contribution >= 4 is 66.3 Å². The van der Waals surface area contributed by atoms with Crippen molar-refractivity contribution in [1.82, 2.24) is 15.2 Å². The Morgan fingerprint density at radius 2 is 1.39 bits per heavy atom. The van der Waals surface area contributed by atoms with Crippen LogP contribution in [0.5, 0.6) is 0 Å². The number of hydrogen-bond acceptors (Lipinski definition) is 2. The maximum absolute atomic E-state index is 4.04. The van der Waals surface area contributed by atoms with E-state index < -0.39 is 0 Å². The Hall–Kier alpha value is -6.16. The molecule has 4 atom stereocenters. The van der Waals surface area contributed by atoms with Crippen molar-refractivity contribution in [3.8, 4) is 5.69 Å². The SMILES string of the molecule is CC1C=c2ccccc2=CC1C1=CC(C2=CC=CCC2)NC(c2cccc(-n3c4ccccc4c4c5c6ccccc6ccc5c5ccccc5c43)c2)N1. The summed E-state index contributed by atoms with van der Waals surface area (Å²) in [5, 5.41) is 21.1. The van der Waals surface area contributed by atoms with Crippen LogP contribution in [0.3, 0.4) is 0 Å². The van der Waals surface area contributed by atoms with Gasteiger partial charge in [-0.05, 0) is 86.2 Å². The summed E-state index contributed by atoms with van der Waals surface area (Å²) in [5.74, 6) is 0.642. The normalized spacial score (nSPS) is 21.1. The number of benzene rings is 7. The molecular formula is C51H41N3. The molecular weight excluding hydrogens is 655 g/mol.